The van der Waals surface area contributed by atoms with Crippen molar-refractivity contribution in [1.82, 2.24) is 19.8 Å². The summed E-state index contributed by atoms with van der Waals surface area (Å²) in [6.45, 7) is 4.17. The van der Waals surface area contributed by atoms with Crippen LogP contribution in [0.15, 0.2) is 18.6 Å². The summed E-state index contributed by atoms with van der Waals surface area (Å²) in [5.74, 6) is 1.14. The Hall–Kier alpha value is -2.22. The molecule has 3 fully saturated rings. The Kier molecular flexibility index (Phi) is 6.51. The van der Waals surface area contributed by atoms with E-state index in [0.717, 1.165) is 57.4 Å². The van der Waals surface area contributed by atoms with Crippen LogP contribution in [-0.2, 0) is 9.59 Å². The maximum absolute atomic E-state index is 12.8. The molecule has 2 amide bonds. The highest BCUT2D eigenvalue weighted by Gasteiger charge is 2.42. The summed E-state index contributed by atoms with van der Waals surface area (Å²) in [5.41, 5.74) is 0.00667. The van der Waals surface area contributed by atoms with Gasteiger partial charge in [0.05, 0.1) is 12.3 Å². The van der Waals surface area contributed by atoms with Crippen molar-refractivity contribution in [2.45, 2.75) is 57.5 Å². The molecule has 4 heterocycles. The molecule has 0 bridgehead atoms. The van der Waals surface area contributed by atoms with Gasteiger partial charge in [0.2, 0.25) is 11.8 Å². The van der Waals surface area contributed by atoms with Crippen molar-refractivity contribution in [3.8, 4) is 0 Å². The number of anilines is 1. The van der Waals surface area contributed by atoms with E-state index in [1.165, 1.54) is 0 Å². The van der Waals surface area contributed by atoms with Gasteiger partial charge >= 0.3 is 0 Å². The third-order valence-corrected chi connectivity index (χ3v) is 6.94. The second-order valence-corrected chi connectivity index (χ2v) is 9.12. The lowest BCUT2D eigenvalue weighted by atomic mass is 9.71. The van der Waals surface area contributed by atoms with Gasteiger partial charge in [-0.2, -0.15) is 0 Å². The molecule has 3 saturated heterocycles. The number of rotatable bonds is 4. The van der Waals surface area contributed by atoms with Crippen molar-refractivity contribution in [2.24, 2.45) is 5.41 Å². The van der Waals surface area contributed by atoms with Crippen LogP contribution in [0.25, 0.3) is 0 Å². The Morgan fingerprint density at radius 2 is 2.00 bits per heavy atom. The van der Waals surface area contributed by atoms with Crippen LogP contribution in [0.1, 0.15) is 51.4 Å². The summed E-state index contributed by atoms with van der Waals surface area (Å²) in [5, 5.41) is 10.5. The van der Waals surface area contributed by atoms with Crippen molar-refractivity contribution in [1.29, 1.82) is 0 Å². The molecule has 3 aliphatic heterocycles. The third kappa shape index (κ3) is 4.91. The van der Waals surface area contributed by atoms with Gasteiger partial charge < -0.3 is 19.8 Å². The number of aliphatic hydroxyl groups is 1. The summed E-state index contributed by atoms with van der Waals surface area (Å²) in [4.78, 5) is 39.4. The summed E-state index contributed by atoms with van der Waals surface area (Å²) in [6.07, 6.45) is 11.4. The second-order valence-electron chi connectivity index (χ2n) is 9.12. The first-order chi connectivity index (χ1) is 14.5. The first kappa shape index (κ1) is 21.0. The predicted octanol–water partition coefficient (Wildman–Crippen LogP) is 1.45. The molecule has 0 aliphatic carbocycles. The average Bonchev–Trinajstić information content (AvgIpc) is 2.96. The van der Waals surface area contributed by atoms with Crippen molar-refractivity contribution in [3.63, 3.8) is 0 Å². The fourth-order valence-corrected chi connectivity index (χ4v) is 5.24. The molecule has 1 spiro atoms. The molecule has 0 radical (unpaired) electrons. The van der Waals surface area contributed by atoms with Crippen LogP contribution in [0.5, 0.6) is 0 Å². The fourth-order valence-electron chi connectivity index (χ4n) is 5.24. The highest BCUT2D eigenvalue weighted by Crippen LogP contribution is 2.41. The molecule has 30 heavy (non-hydrogen) atoms. The van der Waals surface area contributed by atoms with Crippen LogP contribution < -0.4 is 4.90 Å². The maximum Gasteiger partial charge on any atom is 0.224 e. The van der Waals surface area contributed by atoms with Gasteiger partial charge in [0.25, 0.3) is 0 Å². The molecular formula is C22H33N5O3. The summed E-state index contributed by atoms with van der Waals surface area (Å²) in [6, 6.07) is 0. The lowest BCUT2D eigenvalue weighted by Gasteiger charge is -2.49. The van der Waals surface area contributed by atoms with Gasteiger partial charge in [0.1, 0.15) is 5.82 Å². The quantitative estimate of drug-likeness (QED) is 0.801. The van der Waals surface area contributed by atoms with E-state index in [4.69, 9.17) is 0 Å². The first-order valence-corrected chi connectivity index (χ1v) is 11.3. The molecule has 0 aromatic carbocycles. The van der Waals surface area contributed by atoms with Gasteiger partial charge in [-0.1, -0.05) is 6.42 Å². The Morgan fingerprint density at radius 1 is 1.17 bits per heavy atom. The standard InChI is InChI=1S/C22H33N5O3/c28-18-14-22(17-27(16-18)19-15-23-8-9-24-19)6-12-26(13-7-22)21(30)5-11-25-10-3-1-2-4-20(25)29/h8-9,15,18,28H,1-7,10-14,16-17H2. The molecule has 8 nitrogen and oxygen atoms in total. The van der Waals surface area contributed by atoms with E-state index in [-0.39, 0.29) is 17.2 Å². The minimum absolute atomic E-state index is 0.00667. The van der Waals surface area contributed by atoms with E-state index in [1.54, 1.807) is 18.6 Å². The van der Waals surface area contributed by atoms with Crippen LogP contribution in [0.2, 0.25) is 0 Å². The summed E-state index contributed by atoms with van der Waals surface area (Å²) < 4.78 is 0. The van der Waals surface area contributed by atoms with E-state index in [2.05, 4.69) is 14.9 Å². The van der Waals surface area contributed by atoms with Gasteiger partial charge in [-0.25, -0.2) is 4.98 Å². The maximum atomic E-state index is 12.8. The number of aliphatic hydroxyl groups excluding tert-OH is 1. The molecule has 1 unspecified atom stereocenters. The number of carbonyl (C=O) groups is 2. The highest BCUT2D eigenvalue weighted by molar-refractivity contribution is 5.79. The smallest absolute Gasteiger partial charge is 0.224 e. The molecule has 1 N–H and O–H groups in total. The van der Waals surface area contributed by atoms with Gasteiger partial charge in [0, 0.05) is 64.5 Å². The minimum atomic E-state index is -0.392. The fraction of sp³-hybridized carbons (Fsp3) is 0.727. The number of hydrogen-bond donors (Lipinski definition) is 1. The van der Waals surface area contributed by atoms with E-state index < -0.39 is 6.10 Å². The van der Waals surface area contributed by atoms with Crippen molar-refractivity contribution in [3.05, 3.63) is 18.6 Å². The number of nitrogens with zero attached hydrogens (tertiary/aromatic N) is 5. The largest absolute Gasteiger partial charge is 0.391 e. The summed E-state index contributed by atoms with van der Waals surface area (Å²) >= 11 is 0. The van der Waals surface area contributed by atoms with Crippen LogP contribution in [0.3, 0.4) is 0 Å². The molecule has 8 heteroatoms. The van der Waals surface area contributed by atoms with E-state index in [0.29, 0.717) is 39.0 Å². The number of piperidine rings is 2. The van der Waals surface area contributed by atoms with Crippen LogP contribution in [-0.4, -0.2) is 82.1 Å². The lowest BCUT2D eigenvalue weighted by molar-refractivity contribution is -0.136. The molecule has 1 aromatic heterocycles. The number of carbonyl (C=O) groups excluding carboxylic acids is 2. The Labute approximate surface area is 178 Å². The zero-order chi connectivity index (χ0) is 21.0. The van der Waals surface area contributed by atoms with E-state index in [1.807, 2.05) is 9.80 Å². The Morgan fingerprint density at radius 3 is 2.77 bits per heavy atom. The number of β-amino-alcohol motifs (C(OH)–C–C–N with tert-alkyl or cyclic N) is 1. The molecular weight excluding hydrogens is 382 g/mol. The number of aromatic nitrogens is 2. The molecule has 164 valence electrons. The molecule has 0 saturated carbocycles. The van der Waals surface area contributed by atoms with Crippen molar-refractivity contribution in [2.75, 3.05) is 44.2 Å². The lowest BCUT2D eigenvalue weighted by Crippen LogP contribution is -2.55. The van der Waals surface area contributed by atoms with Crippen LogP contribution in [0, 0.1) is 5.41 Å². The van der Waals surface area contributed by atoms with E-state index >= 15 is 0 Å². The zero-order valence-corrected chi connectivity index (χ0v) is 17.7. The van der Waals surface area contributed by atoms with E-state index in [9.17, 15) is 14.7 Å². The van der Waals surface area contributed by atoms with Gasteiger partial charge in [-0.15, -0.1) is 0 Å². The van der Waals surface area contributed by atoms with Gasteiger partial charge in [-0.05, 0) is 37.5 Å². The van der Waals surface area contributed by atoms with Crippen molar-refractivity contribution >= 4 is 17.6 Å². The first-order valence-electron chi connectivity index (χ1n) is 11.3. The number of amides is 2. The number of hydrogen-bond acceptors (Lipinski definition) is 6. The Bertz CT molecular complexity index is 736. The molecule has 4 rings (SSSR count). The van der Waals surface area contributed by atoms with Crippen molar-refractivity contribution < 1.29 is 14.7 Å². The average molecular weight is 416 g/mol. The van der Waals surface area contributed by atoms with Gasteiger partial charge in [0.15, 0.2) is 0 Å². The normalized spacial score (nSPS) is 24.8. The topological polar surface area (TPSA) is 89.9 Å². The van der Waals surface area contributed by atoms with Crippen LogP contribution >= 0.6 is 0 Å². The second kappa shape index (κ2) is 9.29. The van der Waals surface area contributed by atoms with Gasteiger partial charge in [-0.3, -0.25) is 14.6 Å². The number of likely N-dealkylation sites (tertiary alicyclic amines) is 2. The molecule has 3 aliphatic rings. The minimum Gasteiger partial charge on any atom is -0.391 e. The zero-order valence-electron chi connectivity index (χ0n) is 17.7. The third-order valence-electron chi connectivity index (χ3n) is 6.94. The highest BCUT2D eigenvalue weighted by atomic mass is 16.3. The summed E-state index contributed by atoms with van der Waals surface area (Å²) in [7, 11) is 0. The predicted molar refractivity (Wildman–Crippen MR) is 113 cm³/mol. The molecule has 1 aromatic rings. The monoisotopic (exact) mass is 415 g/mol. The molecule has 1 atom stereocenters. The Balaban J connectivity index is 1.30. The van der Waals surface area contributed by atoms with Crippen LogP contribution in [0.4, 0.5) is 5.82 Å². The SMILES string of the molecule is O=C1CCCCCN1CCC(=O)N1CCC2(CC1)CC(O)CN(c1cnccn1)C2.